The Morgan fingerprint density at radius 2 is 1.03 bits per heavy atom. The molecule has 0 radical (unpaired) electrons. The van der Waals surface area contributed by atoms with Gasteiger partial charge in [0.05, 0.1) is 16.9 Å². The summed E-state index contributed by atoms with van der Waals surface area (Å²) >= 11 is 1.05. The van der Waals surface area contributed by atoms with Crippen molar-refractivity contribution in [3.05, 3.63) is 35.4 Å². The van der Waals surface area contributed by atoms with Gasteiger partial charge in [-0.1, -0.05) is 53.6 Å². The largest absolute Gasteiger partial charge is 0.288 e. The highest BCUT2D eigenvalue weighted by molar-refractivity contribution is 8.14. The summed E-state index contributed by atoms with van der Waals surface area (Å²) in [5.41, 5.74) is 1.01. The number of imide groups is 3. The van der Waals surface area contributed by atoms with Gasteiger partial charge in [0.2, 0.25) is 17.7 Å². The van der Waals surface area contributed by atoms with Crippen LogP contribution >= 0.6 is 11.8 Å². The van der Waals surface area contributed by atoms with Crippen LogP contribution < -0.4 is 0 Å². The van der Waals surface area contributed by atoms with E-state index in [1.807, 2.05) is 0 Å². The van der Waals surface area contributed by atoms with Crippen LogP contribution in [-0.4, -0.2) is 76.4 Å². The zero-order chi connectivity index (χ0) is 21.0. The average molecular weight is 470 g/mol. The molecule has 0 aliphatic carbocycles. The molecule has 2 saturated heterocycles. The van der Waals surface area contributed by atoms with Gasteiger partial charge >= 0.3 is 0 Å². The number of carbonyl (C=O) groups is 6. The summed E-state index contributed by atoms with van der Waals surface area (Å²) in [6.45, 7) is 0. The standard InChI is InChI=1S/C9H7NO2.C5H7NO2.C4H5NO2S.4CH4/c1-10-8(11)6-4-2-3-5-7(6)9(10)12;1-6-4(7)2-3-5(6)8;1-5-3(6)2-8-4(5)7;;;;/h2-5H,1H3;2-3H2,1H3;2H2,1H3;4*1H4. The highest BCUT2D eigenvalue weighted by Crippen LogP contribution is 2.20. The molecule has 1 aromatic carbocycles. The highest BCUT2D eigenvalue weighted by atomic mass is 32.2. The number of amides is 6. The van der Waals surface area contributed by atoms with Crippen LogP contribution in [0.5, 0.6) is 0 Å². The van der Waals surface area contributed by atoms with E-state index >= 15 is 0 Å². The molecule has 3 heterocycles. The van der Waals surface area contributed by atoms with Crippen molar-refractivity contribution in [2.75, 3.05) is 26.9 Å². The quantitative estimate of drug-likeness (QED) is 0.534. The normalized spacial score (nSPS) is 15.9. The third kappa shape index (κ3) is 7.30. The third-order valence-corrected chi connectivity index (χ3v) is 5.18. The van der Waals surface area contributed by atoms with Crippen LogP contribution in [0.25, 0.3) is 0 Å². The lowest BCUT2D eigenvalue weighted by atomic mass is 10.1. The first-order valence-electron chi connectivity index (χ1n) is 8.29. The molecule has 0 aromatic heterocycles. The van der Waals surface area contributed by atoms with E-state index in [0.29, 0.717) is 29.7 Å². The van der Waals surface area contributed by atoms with Gasteiger partial charge in [-0.15, -0.1) is 0 Å². The van der Waals surface area contributed by atoms with E-state index in [4.69, 9.17) is 0 Å². The van der Waals surface area contributed by atoms with Crippen molar-refractivity contribution in [3.63, 3.8) is 0 Å². The number of benzene rings is 1. The fourth-order valence-electron chi connectivity index (χ4n) is 2.42. The van der Waals surface area contributed by atoms with Crippen LogP contribution in [-0.2, 0) is 14.4 Å². The van der Waals surface area contributed by atoms with E-state index in [0.717, 1.165) is 21.6 Å². The minimum absolute atomic E-state index is 0. The summed E-state index contributed by atoms with van der Waals surface area (Å²) < 4.78 is 0. The molecular formula is C22H35N3O6S. The summed E-state index contributed by atoms with van der Waals surface area (Å²) in [7, 11) is 4.49. The number of hydrogen-bond donors (Lipinski definition) is 0. The van der Waals surface area contributed by atoms with Crippen molar-refractivity contribution < 1.29 is 28.8 Å². The fourth-order valence-corrected chi connectivity index (χ4v) is 3.15. The molecule has 6 amide bonds. The number of nitrogens with zero attached hydrogens (tertiary/aromatic N) is 3. The summed E-state index contributed by atoms with van der Waals surface area (Å²) in [5.74, 6) is -0.328. The number of rotatable bonds is 0. The van der Waals surface area contributed by atoms with E-state index < -0.39 is 0 Å². The molecule has 1 aromatic rings. The second kappa shape index (κ2) is 14.1. The molecule has 0 atom stereocenters. The predicted molar refractivity (Wildman–Crippen MR) is 127 cm³/mol. The average Bonchev–Trinajstić information content (AvgIpc) is 3.24. The molecule has 0 unspecified atom stereocenters. The summed E-state index contributed by atoms with van der Waals surface area (Å²) in [6.07, 6.45) is 0.796. The van der Waals surface area contributed by atoms with Crippen molar-refractivity contribution in [1.82, 2.24) is 14.7 Å². The molecule has 3 aliphatic rings. The molecule has 0 spiro atoms. The van der Waals surface area contributed by atoms with E-state index in [1.165, 1.54) is 26.0 Å². The molecule has 0 N–H and O–H groups in total. The third-order valence-electron chi connectivity index (χ3n) is 4.27. The smallest absolute Gasteiger partial charge is 0.286 e. The molecule has 2 fully saturated rings. The van der Waals surface area contributed by atoms with Crippen LogP contribution in [0.2, 0.25) is 0 Å². The van der Waals surface area contributed by atoms with Crippen molar-refractivity contribution in [2.45, 2.75) is 42.5 Å². The Kier molecular flexibility index (Phi) is 14.8. The number of carbonyl (C=O) groups excluding carboxylic acids is 6. The van der Waals surface area contributed by atoms with Gasteiger partial charge in [0.15, 0.2) is 0 Å². The van der Waals surface area contributed by atoms with Crippen molar-refractivity contribution in [3.8, 4) is 0 Å². The van der Waals surface area contributed by atoms with Crippen molar-refractivity contribution >= 4 is 46.5 Å². The zero-order valence-electron chi connectivity index (χ0n) is 15.6. The molecule has 0 saturated carbocycles. The van der Waals surface area contributed by atoms with E-state index in [-0.39, 0.29) is 64.5 Å². The van der Waals surface area contributed by atoms with Crippen LogP contribution in [0.15, 0.2) is 24.3 Å². The lowest BCUT2D eigenvalue weighted by Crippen LogP contribution is -2.24. The number of hydrogen-bond acceptors (Lipinski definition) is 7. The zero-order valence-corrected chi connectivity index (χ0v) is 16.4. The molecule has 180 valence electrons. The van der Waals surface area contributed by atoms with Crippen molar-refractivity contribution in [1.29, 1.82) is 0 Å². The monoisotopic (exact) mass is 469 g/mol. The highest BCUT2D eigenvalue weighted by Gasteiger charge is 2.31. The van der Waals surface area contributed by atoms with Crippen LogP contribution in [0.3, 0.4) is 0 Å². The lowest BCUT2D eigenvalue weighted by Gasteiger charge is -2.02. The van der Waals surface area contributed by atoms with E-state index in [1.54, 1.807) is 24.3 Å². The van der Waals surface area contributed by atoms with Gasteiger partial charge in [-0.25, -0.2) is 0 Å². The Hall–Kier alpha value is -3.01. The summed E-state index contributed by atoms with van der Waals surface area (Å²) in [5, 5.41) is -0.144. The number of fused-ring (bicyclic) bond motifs is 1. The molecule has 3 aliphatic heterocycles. The predicted octanol–water partition coefficient (Wildman–Crippen LogP) is 3.53. The summed E-state index contributed by atoms with van der Waals surface area (Å²) in [4.78, 5) is 68.0. The Morgan fingerprint density at radius 3 is 1.25 bits per heavy atom. The first-order chi connectivity index (χ1) is 13.1. The van der Waals surface area contributed by atoms with E-state index in [9.17, 15) is 28.8 Å². The van der Waals surface area contributed by atoms with Crippen LogP contribution in [0.4, 0.5) is 4.79 Å². The Labute approximate surface area is 195 Å². The second-order valence-corrected chi connectivity index (χ2v) is 7.00. The lowest BCUT2D eigenvalue weighted by molar-refractivity contribution is -0.136. The van der Waals surface area contributed by atoms with Gasteiger partial charge in [-0.2, -0.15) is 0 Å². The molecule has 4 rings (SSSR count). The minimum Gasteiger partial charge on any atom is -0.286 e. The molecule has 32 heavy (non-hydrogen) atoms. The van der Waals surface area contributed by atoms with Crippen LogP contribution in [0, 0.1) is 0 Å². The topological polar surface area (TPSA) is 112 Å². The molecule has 10 heteroatoms. The van der Waals surface area contributed by atoms with Gasteiger partial charge in [0.1, 0.15) is 0 Å². The van der Waals surface area contributed by atoms with Gasteiger partial charge < -0.3 is 0 Å². The maximum Gasteiger partial charge on any atom is 0.288 e. The summed E-state index contributed by atoms with van der Waals surface area (Å²) in [6, 6.07) is 6.84. The molecule has 0 bridgehead atoms. The molecule has 9 nitrogen and oxygen atoms in total. The second-order valence-electron chi connectivity index (χ2n) is 6.07. The van der Waals surface area contributed by atoms with Crippen LogP contribution in [0.1, 0.15) is 63.3 Å². The Morgan fingerprint density at radius 1 is 0.625 bits per heavy atom. The fraction of sp³-hybridized carbons (Fsp3) is 0.455. The van der Waals surface area contributed by atoms with Gasteiger partial charge in [-0.3, -0.25) is 43.5 Å². The van der Waals surface area contributed by atoms with Gasteiger partial charge in [0, 0.05) is 34.0 Å². The van der Waals surface area contributed by atoms with E-state index in [2.05, 4.69) is 0 Å². The van der Waals surface area contributed by atoms with Crippen molar-refractivity contribution in [2.24, 2.45) is 0 Å². The minimum atomic E-state index is -0.212. The van der Waals surface area contributed by atoms with Gasteiger partial charge in [0.25, 0.3) is 17.1 Å². The molecular weight excluding hydrogens is 434 g/mol. The SMILES string of the molecule is C.C.C.C.CN1C(=O)CCC1=O.CN1C(=O)CSC1=O.CN1C(=O)c2ccccc2C1=O. The maximum absolute atomic E-state index is 11.3. The Balaban J connectivity index is -0.000000382. The number of thioether (sulfide) groups is 1. The first-order valence-corrected chi connectivity index (χ1v) is 9.27. The Bertz CT molecular complexity index is 770. The number of likely N-dealkylation sites (tertiary alicyclic amines) is 1. The van der Waals surface area contributed by atoms with Gasteiger partial charge in [-0.05, 0) is 12.1 Å². The maximum atomic E-state index is 11.3. The first kappa shape index (κ1) is 33.6.